The van der Waals surface area contributed by atoms with E-state index in [2.05, 4.69) is 0 Å². The molecule has 1 aromatic carbocycles. The van der Waals surface area contributed by atoms with Crippen molar-refractivity contribution in [1.82, 2.24) is 0 Å². The zero-order valence-electron chi connectivity index (χ0n) is 9.02. The number of fused-ring (bicyclic) bond motifs is 1. The Balaban J connectivity index is 2.43. The second kappa shape index (κ2) is 3.84. The van der Waals surface area contributed by atoms with Crippen LogP contribution in [0.15, 0.2) is 17.8 Å². The lowest BCUT2D eigenvalue weighted by Crippen LogP contribution is -1.94. The van der Waals surface area contributed by atoms with Gasteiger partial charge in [-0.3, -0.25) is 10.1 Å². The van der Waals surface area contributed by atoms with E-state index in [1.807, 2.05) is 13.0 Å². The van der Waals surface area contributed by atoms with E-state index in [1.54, 1.807) is 6.07 Å². The molecule has 0 fully saturated rings. The molecule has 0 bridgehead atoms. The first-order valence-electron chi connectivity index (χ1n) is 4.81. The molecular weight excluding hydrogens is 210 g/mol. The maximum Gasteiger partial charge on any atom is 0.243 e. The van der Waals surface area contributed by atoms with Crippen LogP contribution in [-0.4, -0.2) is 11.7 Å². The molecule has 0 radical (unpaired) electrons. The Labute approximate surface area is 92.4 Å². The summed E-state index contributed by atoms with van der Waals surface area (Å²) >= 11 is 0. The lowest BCUT2D eigenvalue weighted by Gasteiger charge is -2.02. The van der Waals surface area contributed by atoms with Crippen molar-refractivity contribution in [3.8, 4) is 11.5 Å². The molecule has 84 valence electrons. The summed E-state index contributed by atoms with van der Waals surface area (Å²) in [6, 6.07) is 3.58. The Morgan fingerprint density at radius 2 is 2.06 bits per heavy atom. The summed E-state index contributed by atoms with van der Waals surface area (Å²) in [7, 11) is 0. The van der Waals surface area contributed by atoms with Gasteiger partial charge in [-0.15, -0.1) is 0 Å². The minimum atomic E-state index is -0.413. The largest absolute Gasteiger partial charge is 0.454 e. The van der Waals surface area contributed by atoms with Gasteiger partial charge in [0.15, 0.2) is 11.5 Å². The topological polar surface area (TPSA) is 61.6 Å². The average Bonchev–Trinajstić information content (AvgIpc) is 2.65. The molecule has 0 aliphatic carbocycles. The molecule has 0 spiro atoms. The van der Waals surface area contributed by atoms with Crippen LogP contribution in [0.1, 0.15) is 18.1 Å². The first-order valence-corrected chi connectivity index (χ1v) is 4.81. The number of nitrogens with zero attached hydrogens (tertiary/aromatic N) is 1. The SMILES string of the molecule is C/C(=C\c1cc2c(cc1C)OCO2)[N+](=O)[O-]. The molecule has 0 saturated heterocycles. The van der Waals surface area contributed by atoms with Crippen LogP contribution in [0.4, 0.5) is 0 Å². The molecule has 0 amide bonds. The summed E-state index contributed by atoms with van der Waals surface area (Å²) in [5.41, 5.74) is 1.80. The van der Waals surface area contributed by atoms with Crippen molar-refractivity contribution < 1.29 is 14.4 Å². The second-order valence-corrected chi connectivity index (χ2v) is 3.60. The summed E-state index contributed by atoms with van der Waals surface area (Å²) in [6.45, 7) is 3.54. The van der Waals surface area contributed by atoms with E-state index in [9.17, 15) is 10.1 Å². The van der Waals surface area contributed by atoms with Gasteiger partial charge in [0.05, 0.1) is 4.92 Å². The van der Waals surface area contributed by atoms with Gasteiger partial charge in [0.25, 0.3) is 0 Å². The fourth-order valence-corrected chi connectivity index (χ4v) is 1.49. The Morgan fingerprint density at radius 1 is 1.44 bits per heavy atom. The molecule has 5 nitrogen and oxygen atoms in total. The average molecular weight is 221 g/mol. The lowest BCUT2D eigenvalue weighted by molar-refractivity contribution is -0.422. The van der Waals surface area contributed by atoms with Gasteiger partial charge >= 0.3 is 0 Å². The number of hydrogen-bond donors (Lipinski definition) is 0. The fraction of sp³-hybridized carbons (Fsp3) is 0.273. The normalized spacial score (nSPS) is 14.0. The standard InChI is InChI=1S/C11H11NO4/c1-7-3-10-11(16-6-15-10)5-9(7)4-8(2)12(13)14/h3-5H,6H2,1-2H3/b8-4+. The third kappa shape index (κ3) is 1.84. The molecule has 16 heavy (non-hydrogen) atoms. The van der Waals surface area contributed by atoms with E-state index < -0.39 is 4.92 Å². The smallest absolute Gasteiger partial charge is 0.243 e. The summed E-state index contributed by atoms with van der Waals surface area (Å²) in [6.07, 6.45) is 1.53. The molecule has 0 N–H and O–H groups in total. The fourth-order valence-electron chi connectivity index (χ4n) is 1.49. The first-order chi connectivity index (χ1) is 7.58. The monoisotopic (exact) mass is 221 g/mol. The van der Waals surface area contributed by atoms with Crippen molar-refractivity contribution in [2.24, 2.45) is 0 Å². The Hall–Kier alpha value is -2.04. The van der Waals surface area contributed by atoms with Crippen LogP contribution in [0.2, 0.25) is 0 Å². The highest BCUT2D eigenvalue weighted by Crippen LogP contribution is 2.35. The molecule has 1 aliphatic rings. The lowest BCUT2D eigenvalue weighted by atomic mass is 10.1. The molecule has 1 aliphatic heterocycles. The van der Waals surface area contributed by atoms with Gasteiger partial charge in [-0.1, -0.05) is 0 Å². The highest BCUT2D eigenvalue weighted by molar-refractivity contribution is 5.61. The van der Waals surface area contributed by atoms with Crippen LogP contribution in [0.25, 0.3) is 6.08 Å². The molecule has 5 heteroatoms. The first kappa shape index (κ1) is 10.5. The minimum Gasteiger partial charge on any atom is -0.454 e. The highest BCUT2D eigenvalue weighted by Gasteiger charge is 2.15. The molecule has 0 saturated carbocycles. The van der Waals surface area contributed by atoms with E-state index in [0.717, 1.165) is 11.1 Å². The van der Waals surface area contributed by atoms with Gasteiger partial charge in [0, 0.05) is 13.0 Å². The van der Waals surface area contributed by atoms with Gasteiger partial charge in [-0.2, -0.15) is 0 Å². The summed E-state index contributed by atoms with van der Waals surface area (Å²) in [5.74, 6) is 1.32. The summed E-state index contributed by atoms with van der Waals surface area (Å²) in [4.78, 5) is 10.1. The van der Waals surface area contributed by atoms with Gasteiger partial charge in [0.1, 0.15) is 0 Å². The Bertz CT molecular complexity index is 479. The maximum atomic E-state index is 10.5. The molecular formula is C11H11NO4. The number of aryl methyl sites for hydroxylation is 1. The molecule has 0 aromatic heterocycles. The van der Waals surface area contributed by atoms with Crippen molar-refractivity contribution in [3.63, 3.8) is 0 Å². The predicted molar refractivity (Wildman–Crippen MR) is 57.9 cm³/mol. The predicted octanol–water partition coefficient (Wildman–Crippen LogP) is 2.36. The number of allylic oxidation sites excluding steroid dienone is 1. The van der Waals surface area contributed by atoms with Gasteiger partial charge < -0.3 is 9.47 Å². The van der Waals surface area contributed by atoms with Gasteiger partial charge in [0.2, 0.25) is 12.5 Å². The Kier molecular flexibility index (Phi) is 2.52. The summed E-state index contributed by atoms with van der Waals surface area (Å²) < 4.78 is 10.4. The molecule has 2 rings (SSSR count). The number of nitro groups is 1. The van der Waals surface area contributed by atoms with Crippen molar-refractivity contribution in [2.45, 2.75) is 13.8 Å². The number of benzene rings is 1. The van der Waals surface area contributed by atoms with Crippen LogP contribution < -0.4 is 9.47 Å². The molecule has 1 aromatic rings. The Morgan fingerprint density at radius 3 is 2.69 bits per heavy atom. The van der Waals surface area contributed by atoms with Crippen molar-refractivity contribution in [3.05, 3.63) is 39.1 Å². The van der Waals surface area contributed by atoms with Crippen LogP contribution >= 0.6 is 0 Å². The number of ether oxygens (including phenoxy) is 2. The summed E-state index contributed by atoms with van der Waals surface area (Å²) in [5, 5.41) is 10.5. The molecule has 0 atom stereocenters. The van der Waals surface area contributed by atoms with E-state index >= 15 is 0 Å². The molecule has 1 heterocycles. The van der Waals surface area contributed by atoms with E-state index in [4.69, 9.17) is 9.47 Å². The van der Waals surface area contributed by atoms with Gasteiger partial charge in [-0.05, 0) is 30.2 Å². The number of rotatable bonds is 2. The van der Waals surface area contributed by atoms with Gasteiger partial charge in [-0.25, -0.2) is 0 Å². The van der Waals surface area contributed by atoms with Crippen molar-refractivity contribution in [2.75, 3.05) is 6.79 Å². The second-order valence-electron chi connectivity index (χ2n) is 3.60. The van der Waals surface area contributed by atoms with Crippen LogP contribution in [0, 0.1) is 17.0 Å². The number of hydrogen-bond acceptors (Lipinski definition) is 4. The van der Waals surface area contributed by atoms with E-state index in [0.29, 0.717) is 11.5 Å². The van der Waals surface area contributed by atoms with E-state index in [1.165, 1.54) is 13.0 Å². The highest BCUT2D eigenvalue weighted by atomic mass is 16.7. The minimum absolute atomic E-state index is 0.0990. The van der Waals surface area contributed by atoms with Crippen LogP contribution in [0.5, 0.6) is 11.5 Å². The van der Waals surface area contributed by atoms with Crippen molar-refractivity contribution in [1.29, 1.82) is 0 Å². The van der Waals surface area contributed by atoms with Crippen molar-refractivity contribution >= 4 is 6.08 Å². The third-order valence-electron chi connectivity index (χ3n) is 2.41. The molecule has 0 unspecified atom stereocenters. The zero-order chi connectivity index (χ0) is 11.7. The maximum absolute atomic E-state index is 10.5. The quantitative estimate of drug-likeness (QED) is 0.568. The zero-order valence-corrected chi connectivity index (χ0v) is 9.02. The van der Waals surface area contributed by atoms with Crippen LogP contribution in [0.3, 0.4) is 0 Å². The van der Waals surface area contributed by atoms with Crippen LogP contribution in [-0.2, 0) is 0 Å². The van der Waals surface area contributed by atoms with E-state index in [-0.39, 0.29) is 12.5 Å². The third-order valence-corrected chi connectivity index (χ3v) is 2.41.